The lowest BCUT2D eigenvalue weighted by molar-refractivity contribution is -0.137. The molecule has 166 valence electrons. The van der Waals surface area contributed by atoms with E-state index in [9.17, 15) is 13.2 Å². The molecule has 1 aliphatic heterocycles. The molecular weight excluding hydrogens is 441 g/mol. The van der Waals surface area contributed by atoms with Crippen LogP contribution < -0.4 is 5.32 Å². The van der Waals surface area contributed by atoms with Gasteiger partial charge in [0.1, 0.15) is 5.82 Å². The van der Waals surface area contributed by atoms with Gasteiger partial charge in [-0.25, -0.2) is 15.0 Å². The maximum atomic E-state index is 12.9. The lowest BCUT2D eigenvalue weighted by atomic mass is 10.1. The number of aryl methyl sites for hydroxylation is 1. The van der Waals surface area contributed by atoms with Gasteiger partial charge in [0.2, 0.25) is 5.28 Å². The second kappa shape index (κ2) is 9.22. The molecule has 3 aromatic rings. The van der Waals surface area contributed by atoms with E-state index in [2.05, 4.69) is 30.2 Å². The molecule has 0 spiro atoms. The van der Waals surface area contributed by atoms with Crippen molar-refractivity contribution in [3.8, 4) is 0 Å². The van der Waals surface area contributed by atoms with Crippen LogP contribution in [0.3, 0.4) is 0 Å². The summed E-state index contributed by atoms with van der Waals surface area (Å²) in [6.07, 6.45) is -1.30. The van der Waals surface area contributed by atoms with E-state index in [1.807, 2.05) is 19.1 Å². The molecule has 1 N–H and O–H groups in total. The van der Waals surface area contributed by atoms with Crippen molar-refractivity contribution >= 4 is 29.5 Å². The fourth-order valence-corrected chi connectivity index (χ4v) is 3.65. The molecule has 3 heterocycles. The molecule has 0 bridgehead atoms. The first-order chi connectivity index (χ1) is 15.3. The van der Waals surface area contributed by atoms with Crippen molar-refractivity contribution in [3.63, 3.8) is 0 Å². The zero-order valence-corrected chi connectivity index (χ0v) is 18.0. The monoisotopic (exact) mass is 460 g/mol. The Kier molecular flexibility index (Phi) is 6.38. The first kappa shape index (κ1) is 22.2. The smallest absolute Gasteiger partial charge is 0.369 e. The van der Waals surface area contributed by atoms with Crippen molar-refractivity contribution in [1.29, 1.82) is 0 Å². The van der Waals surface area contributed by atoms with Gasteiger partial charge in [-0.05, 0) is 47.9 Å². The Balaban J connectivity index is 1.45. The Morgan fingerprint density at radius 1 is 1.19 bits per heavy atom. The van der Waals surface area contributed by atoms with Gasteiger partial charge in [0.05, 0.1) is 11.3 Å². The van der Waals surface area contributed by atoms with Gasteiger partial charge in [0, 0.05) is 44.2 Å². The fourth-order valence-electron chi connectivity index (χ4n) is 3.47. The second-order valence-corrected chi connectivity index (χ2v) is 7.77. The van der Waals surface area contributed by atoms with Gasteiger partial charge < -0.3 is 5.32 Å². The number of halogens is 4. The maximum Gasteiger partial charge on any atom is 0.416 e. The molecule has 0 saturated heterocycles. The number of hydrogen-bond acceptors (Lipinski definition) is 6. The summed E-state index contributed by atoms with van der Waals surface area (Å²) in [7, 11) is 0. The molecule has 0 aliphatic carbocycles. The van der Waals surface area contributed by atoms with Gasteiger partial charge in [-0.3, -0.25) is 4.90 Å². The predicted octanol–water partition coefficient (Wildman–Crippen LogP) is 5.03. The molecule has 1 aromatic carbocycles. The molecule has 0 fully saturated rings. The SMILES string of the molecule is Cc1cccnc1NCCN1Cc2nc(Cl)nc(N=Cc3cccc(C(F)(F)F)c3)c2C1. The van der Waals surface area contributed by atoms with Gasteiger partial charge in [0.25, 0.3) is 0 Å². The summed E-state index contributed by atoms with van der Waals surface area (Å²) in [6.45, 7) is 4.58. The average Bonchev–Trinajstić information content (AvgIpc) is 3.15. The zero-order valence-electron chi connectivity index (χ0n) is 17.2. The molecule has 0 unspecified atom stereocenters. The number of fused-ring (bicyclic) bond motifs is 1. The number of pyridine rings is 1. The summed E-state index contributed by atoms with van der Waals surface area (Å²) in [5.41, 5.74) is 2.27. The fraction of sp³-hybridized carbons (Fsp3) is 0.273. The van der Waals surface area contributed by atoms with E-state index in [1.165, 1.54) is 12.3 Å². The average molecular weight is 461 g/mol. The number of anilines is 1. The molecule has 10 heteroatoms. The van der Waals surface area contributed by atoms with Crippen LogP contribution in [-0.4, -0.2) is 39.2 Å². The van der Waals surface area contributed by atoms with Crippen molar-refractivity contribution in [2.45, 2.75) is 26.2 Å². The number of nitrogens with one attached hydrogen (secondary N) is 1. The highest BCUT2D eigenvalue weighted by atomic mass is 35.5. The minimum absolute atomic E-state index is 0.0593. The largest absolute Gasteiger partial charge is 0.416 e. The first-order valence-electron chi connectivity index (χ1n) is 9.94. The van der Waals surface area contributed by atoms with Gasteiger partial charge >= 0.3 is 6.18 Å². The third-order valence-electron chi connectivity index (χ3n) is 5.08. The number of aromatic nitrogens is 3. The molecule has 0 amide bonds. The molecule has 0 saturated carbocycles. The predicted molar refractivity (Wildman–Crippen MR) is 117 cm³/mol. The van der Waals surface area contributed by atoms with Crippen molar-refractivity contribution in [1.82, 2.24) is 19.9 Å². The van der Waals surface area contributed by atoms with Crippen LogP contribution in [0.2, 0.25) is 5.28 Å². The molecule has 32 heavy (non-hydrogen) atoms. The van der Waals surface area contributed by atoms with Crippen LogP contribution in [0.4, 0.5) is 24.8 Å². The summed E-state index contributed by atoms with van der Waals surface area (Å²) in [4.78, 5) is 19.3. The minimum Gasteiger partial charge on any atom is -0.369 e. The highest BCUT2D eigenvalue weighted by Crippen LogP contribution is 2.31. The summed E-state index contributed by atoms with van der Waals surface area (Å²) in [5, 5.41) is 3.38. The number of hydrogen-bond donors (Lipinski definition) is 1. The van der Waals surface area contributed by atoms with Crippen molar-refractivity contribution < 1.29 is 13.2 Å². The Morgan fingerprint density at radius 3 is 2.81 bits per heavy atom. The van der Waals surface area contributed by atoms with Gasteiger partial charge in [0.15, 0.2) is 5.82 Å². The highest BCUT2D eigenvalue weighted by molar-refractivity contribution is 6.28. The number of rotatable bonds is 6. The number of nitrogens with zero attached hydrogens (tertiary/aromatic N) is 5. The minimum atomic E-state index is -4.41. The molecule has 6 nitrogen and oxygen atoms in total. The van der Waals surface area contributed by atoms with Crippen LogP contribution in [-0.2, 0) is 19.3 Å². The van der Waals surface area contributed by atoms with Crippen LogP contribution in [0.1, 0.15) is 27.9 Å². The van der Waals surface area contributed by atoms with Crippen LogP contribution >= 0.6 is 11.6 Å². The summed E-state index contributed by atoms with van der Waals surface area (Å²) in [5.74, 6) is 1.21. The standard InChI is InChI=1S/C22H20ClF3N6/c1-14-4-3-7-27-19(14)28-8-9-32-12-17-18(13-32)30-21(23)31-20(17)29-11-15-5-2-6-16(10-15)22(24,25)26/h2-7,10-11H,8-9,12-13H2,1H3,(H,27,28). The van der Waals surface area contributed by atoms with E-state index < -0.39 is 11.7 Å². The van der Waals surface area contributed by atoms with Gasteiger partial charge in [-0.1, -0.05) is 18.2 Å². The molecule has 1 aliphatic rings. The van der Waals surface area contributed by atoms with E-state index >= 15 is 0 Å². The van der Waals surface area contributed by atoms with E-state index in [-0.39, 0.29) is 5.28 Å². The number of alkyl halides is 3. The highest BCUT2D eigenvalue weighted by Gasteiger charge is 2.30. The van der Waals surface area contributed by atoms with Gasteiger partial charge in [-0.15, -0.1) is 0 Å². The molecule has 0 atom stereocenters. The zero-order chi connectivity index (χ0) is 22.7. The van der Waals surface area contributed by atoms with E-state index in [0.717, 1.165) is 41.3 Å². The summed E-state index contributed by atoms with van der Waals surface area (Å²) in [6, 6.07) is 8.85. The molecule has 4 rings (SSSR count). The Morgan fingerprint density at radius 2 is 2.03 bits per heavy atom. The molecule has 0 radical (unpaired) electrons. The van der Waals surface area contributed by atoms with Crippen LogP contribution in [0.25, 0.3) is 0 Å². The molecule has 2 aromatic heterocycles. The van der Waals surface area contributed by atoms with E-state index in [0.29, 0.717) is 31.0 Å². The van der Waals surface area contributed by atoms with Crippen molar-refractivity contribution in [2.75, 3.05) is 18.4 Å². The summed E-state index contributed by atoms with van der Waals surface area (Å²) >= 11 is 6.06. The maximum absolute atomic E-state index is 12.9. The van der Waals surface area contributed by atoms with Crippen LogP contribution in [0.5, 0.6) is 0 Å². The summed E-state index contributed by atoms with van der Waals surface area (Å²) < 4.78 is 38.8. The Hall–Kier alpha value is -3.04. The normalized spacial score (nSPS) is 14.2. The Bertz CT molecular complexity index is 1150. The van der Waals surface area contributed by atoms with E-state index in [4.69, 9.17) is 11.6 Å². The lowest BCUT2D eigenvalue weighted by Gasteiger charge is -2.15. The topological polar surface area (TPSA) is 66.3 Å². The number of benzene rings is 1. The second-order valence-electron chi connectivity index (χ2n) is 7.43. The lowest BCUT2D eigenvalue weighted by Crippen LogP contribution is -2.24. The molecular formula is C22H20ClF3N6. The van der Waals surface area contributed by atoms with E-state index in [1.54, 1.807) is 12.3 Å². The van der Waals surface area contributed by atoms with Crippen molar-refractivity contribution in [2.24, 2.45) is 4.99 Å². The third-order valence-corrected chi connectivity index (χ3v) is 5.25. The Labute approximate surface area is 188 Å². The van der Waals surface area contributed by atoms with Crippen molar-refractivity contribution in [3.05, 3.63) is 75.8 Å². The first-order valence-corrected chi connectivity index (χ1v) is 10.3. The van der Waals surface area contributed by atoms with Crippen LogP contribution in [0.15, 0.2) is 47.6 Å². The van der Waals surface area contributed by atoms with Gasteiger partial charge in [-0.2, -0.15) is 18.2 Å². The van der Waals surface area contributed by atoms with Crippen LogP contribution in [0, 0.1) is 6.92 Å². The number of aliphatic imine (C=N–C) groups is 1. The third kappa shape index (κ3) is 5.23. The quantitative estimate of drug-likeness (QED) is 0.413.